The van der Waals surface area contributed by atoms with Crippen LogP contribution < -0.4 is 15.8 Å². The van der Waals surface area contributed by atoms with Gasteiger partial charge in [-0.05, 0) is 44.0 Å². The molecule has 1 unspecified atom stereocenters. The molecule has 3 heterocycles. The van der Waals surface area contributed by atoms with Crippen molar-refractivity contribution in [1.29, 1.82) is 0 Å². The van der Waals surface area contributed by atoms with E-state index in [1.807, 2.05) is 6.07 Å². The van der Waals surface area contributed by atoms with Crippen LogP contribution in [0, 0.1) is 5.92 Å². The highest BCUT2D eigenvalue weighted by atomic mass is 16.5. The number of carbonyl (C=O) groups is 1. The van der Waals surface area contributed by atoms with Crippen molar-refractivity contribution in [3.63, 3.8) is 0 Å². The minimum Gasteiger partial charge on any atom is -0.484 e. The molecule has 0 saturated carbocycles. The minimum atomic E-state index is -0.0498. The lowest BCUT2D eigenvalue weighted by Crippen LogP contribution is -2.57. The van der Waals surface area contributed by atoms with Crippen molar-refractivity contribution in [2.24, 2.45) is 5.92 Å². The summed E-state index contributed by atoms with van der Waals surface area (Å²) >= 11 is 0. The molecule has 1 atom stereocenters. The summed E-state index contributed by atoms with van der Waals surface area (Å²) < 4.78 is 5.46. The number of benzene rings is 1. The van der Waals surface area contributed by atoms with Crippen LogP contribution in [0.5, 0.6) is 5.75 Å². The van der Waals surface area contributed by atoms with Crippen molar-refractivity contribution in [1.82, 2.24) is 10.2 Å². The number of piperidine rings is 3. The molecule has 4 rings (SSSR count). The fourth-order valence-corrected chi connectivity index (χ4v) is 3.13. The van der Waals surface area contributed by atoms with Crippen LogP contribution in [0.1, 0.15) is 12.8 Å². The van der Waals surface area contributed by atoms with Crippen LogP contribution in [0.3, 0.4) is 0 Å². The third-order valence-corrected chi connectivity index (χ3v) is 4.23. The molecule has 0 aliphatic carbocycles. The van der Waals surface area contributed by atoms with E-state index in [1.165, 1.54) is 25.9 Å². The van der Waals surface area contributed by atoms with Gasteiger partial charge in [-0.25, -0.2) is 0 Å². The molecule has 1 aromatic carbocycles. The molecule has 2 bridgehead atoms. The summed E-state index contributed by atoms with van der Waals surface area (Å²) in [6.07, 6.45) is 2.39. The van der Waals surface area contributed by atoms with Gasteiger partial charge in [-0.2, -0.15) is 0 Å². The molecule has 3 N–H and O–H groups in total. The van der Waals surface area contributed by atoms with Gasteiger partial charge in [0, 0.05) is 24.3 Å². The Kier molecular flexibility index (Phi) is 3.78. The highest BCUT2D eigenvalue weighted by molar-refractivity contribution is 5.78. The molecule has 1 aromatic rings. The molecule has 5 heteroatoms. The molecule has 5 nitrogen and oxygen atoms in total. The first-order chi connectivity index (χ1) is 9.70. The molecule has 3 aliphatic heterocycles. The van der Waals surface area contributed by atoms with E-state index in [1.54, 1.807) is 18.2 Å². The Hall–Kier alpha value is -1.75. The van der Waals surface area contributed by atoms with E-state index in [2.05, 4.69) is 10.2 Å². The number of rotatable bonds is 4. The van der Waals surface area contributed by atoms with E-state index in [9.17, 15) is 4.79 Å². The molecular formula is C15H21N3O2. The summed E-state index contributed by atoms with van der Waals surface area (Å²) in [5.74, 6) is 1.22. The predicted octanol–water partition coefficient (Wildman–Crippen LogP) is 0.858. The highest BCUT2D eigenvalue weighted by Gasteiger charge is 2.34. The largest absolute Gasteiger partial charge is 0.484 e. The minimum absolute atomic E-state index is 0.0483. The topological polar surface area (TPSA) is 67.6 Å². The quantitative estimate of drug-likeness (QED) is 0.800. The number of hydrogen-bond acceptors (Lipinski definition) is 4. The number of ether oxygens (including phenoxy) is 1. The van der Waals surface area contributed by atoms with Crippen LogP contribution in [0.2, 0.25) is 0 Å². The first-order valence-corrected chi connectivity index (χ1v) is 7.21. The summed E-state index contributed by atoms with van der Waals surface area (Å²) in [6.45, 7) is 3.38. The normalized spacial score (nSPS) is 28.1. The fourth-order valence-electron chi connectivity index (χ4n) is 3.13. The number of carbonyl (C=O) groups excluding carboxylic acids is 1. The first-order valence-electron chi connectivity index (χ1n) is 7.21. The van der Waals surface area contributed by atoms with E-state index in [-0.39, 0.29) is 18.6 Å². The maximum absolute atomic E-state index is 12.0. The van der Waals surface area contributed by atoms with Gasteiger partial charge in [0.05, 0.1) is 0 Å². The van der Waals surface area contributed by atoms with Crippen molar-refractivity contribution < 1.29 is 9.53 Å². The summed E-state index contributed by atoms with van der Waals surface area (Å²) in [7, 11) is 0. The Balaban J connectivity index is 1.48. The molecule has 0 aromatic heterocycles. The van der Waals surface area contributed by atoms with Gasteiger partial charge in [-0.15, -0.1) is 0 Å². The maximum atomic E-state index is 12.0. The molecule has 20 heavy (non-hydrogen) atoms. The van der Waals surface area contributed by atoms with Gasteiger partial charge in [-0.3, -0.25) is 4.79 Å². The Morgan fingerprint density at radius 3 is 2.85 bits per heavy atom. The van der Waals surface area contributed by atoms with Crippen LogP contribution in [0.25, 0.3) is 0 Å². The smallest absolute Gasteiger partial charge is 0.258 e. The molecule has 3 aliphatic rings. The van der Waals surface area contributed by atoms with E-state index >= 15 is 0 Å². The molecular weight excluding hydrogens is 254 g/mol. The Morgan fingerprint density at radius 1 is 1.40 bits per heavy atom. The lowest BCUT2D eigenvalue weighted by atomic mass is 9.84. The van der Waals surface area contributed by atoms with Crippen LogP contribution in [0.15, 0.2) is 24.3 Å². The third kappa shape index (κ3) is 3.04. The number of amides is 1. The van der Waals surface area contributed by atoms with Crippen LogP contribution >= 0.6 is 0 Å². The van der Waals surface area contributed by atoms with Gasteiger partial charge >= 0.3 is 0 Å². The average molecular weight is 275 g/mol. The van der Waals surface area contributed by atoms with Gasteiger partial charge in [0.25, 0.3) is 5.91 Å². The lowest BCUT2D eigenvalue weighted by molar-refractivity contribution is -0.125. The molecule has 0 spiro atoms. The second kappa shape index (κ2) is 5.71. The predicted molar refractivity (Wildman–Crippen MR) is 77.4 cm³/mol. The number of nitrogens with one attached hydrogen (secondary N) is 1. The Labute approximate surface area is 119 Å². The standard InChI is InChI=1S/C15H21N3O2/c16-12-2-1-3-13(8-12)20-10-15(19)17-14-9-18-6-4-11(14)5-7-18/h1-3,8,11,14H,4-7,9-10,16H2,(H,17,19). The van der Waals surface area contributed by atoms with Gasteiger partial charge in [-0.1, -0.05) is 6.07 Å². The van der Waals surface area contributed by atoms with E-state index in [0.29, 0.717) is 17.4 Å². The van der Waals surface area contributed by atoms with Gasteiger partial charge < -0.3 is 20.7 Å². The van der Waals surface area contributed by atoms with Crippen molar-refractivity contribution in [3.8, 4) is 5.75 Å². The molecule has 0 radical (unpaired) electrons. The van der Waals surface area contributed by atoms with Crippen LogP contribution in [0.4, 0.5) is 5.69 Å². The van der Waals surface area contributed by atoms with Crippen molar-refractivity contribution in [2.75, 3.05) is 32.0 Å². The Morgan fingerprint density at radius 2 is 2.20 bits per heavy atom. The maximum Gasteiger partial charge on any atom is 0.258 e. The molecule has 3 saturated heterocycles. The number of fused-ring (bicyclic) bond motifs is 3. The summed E-state index contributed by atoms with van der Waals surface area (Å²) in [4.78, 5) is 14.4. The monoisotopic (exact) mass is 275 g/mol. The second-order valence-electron chi connectivity index (χ2n) is 5.67. The second-order valence-corrected chi connectivity index (χ2v) is 5.67. The summed E-state index contributed by atoms with van der Waals surface area (Å²) in [6, 6.07) is 7.42. The van der Waals surface area contributed by atoms with Crippen molar-refractivity contribution >= 4 is 11.6 Å². The van der Waals surface area contributed by atoms with E-state index in [4.69, 9.17) is 10.5 Å². The number of hydrogen-bond donors (Lipinski definition) is 2. The lowest BCUT2D eigenvalue weighted by Gasteiger charge is -2.44. The first kappa shape index (κ1) is 13.2. The van der Waals surface area contributed by atoms with E-state index in [0.717, 1.165) is 6.54 Å². The van der Waals surface area contributed by atoms with Crippen LogP contribution in [-0.4, -0.2) is 43.1 Å². The zero-order chi connectivity index (χ0) is 13.9. The summed E-state index contributed by atoms with van der Waals surface area (Å²) in [5.41, 5.74) is 6.31. The molecule has 3 fully saturated rings. The number of anilines is 1. The van der Waals surface area contributed by atoms with Crippen LogP contribution in [-0.2, 0) is 4.79 Å². The Bertz CT molecular complexity index is 484. The number of nitrogen functional groups attached to an aromatic ring is 1. The van der Waals surface area contributed by atoms with Gasteiger partial charge in [0.1, 0.15) is 5.75 Å². The zero-order valence-electron chi connectivity index (χ0n) is 11.5. The van der Waals surface area contributed by atoms with Crippen molar-refractivity contribution in [3.05, 3.63) is 24.3 Å². The average Bonchev–Trinajstić information content (AvgIpc) is 2.46. The van der Waals surface area contributed by atoms with Gasteiger partial charge in [0.2, 0.25) is 0 Å². The number of nitrogens with zero attached hydrogens (tertiary/aromatic N) is 1. The zero-order valence-corrected chi connectivity index (χ0v) is 11.5. The molecule has 1 amide bonds. The van der Waals surface area contributed by atoms with E-state index < -0.39 is 0 Å². The van der Waals surface area contributed by atoms with Gasteiger partial charge in [0.15, 0.2) is 6.61 Å². The molecule has 108 valence electrons. The summed E-state index contributed by atoms with van der Waals surface area (Å²) in [5, 5.41) is 3.10. The number of nitrogens with two attached hydrogens (primary N) is 1. The van der Waals surface area contributed by atoms with Crippen molar-refractivity contribution in [2.45, 2.75) is 18.9 Å². The highest BCUT2D eigenvalue weighted by Crippen LogP contribution is 2.27. The SMILES string of the molecule is Nc1cccc(OCC(=O)NC2CN3CCC2CC3)c1. The fraction of sp³-hybridized carbons (Fsp3) is 0.533. The third-order valence-electron chi connectivity index (χ3n) is 4.23.